The predicted octanol–water partition coefficient (Wildman–Crippen LogP) is 3.71. The summed E-state index contributed by atoms with van der Waals surface area (Å²) in [7, 11) is 1.62. The highest BCUT2D eigenvalue weighted by atomic mass is 16.5. The van der Waals surface area contributed by atoms with Crippen LogP contribution in [0.2, 0.25) is 0 Å². The molecule has 1 N–H and O–H groups in total. The molecule has 0 radical (unpaired) electrons. The van der Waals surface area contributed by atoms with E-state index in [0.29, 0.717) is 18.7 Å². The van der Waals surface area contributed by atoms with Gasteiger partial charge in [-0.2, -0.15) is 0 Å². The number of rotatable bonds is 6. The molecule has 0 aromatic heterocycles. The molecule has 0 saturated heterocycles. The molecule has 1 heterocycles. The molecule has 3 aromatic rings. The van der Waals surface area contributed by atoms with Crippen molar-refractivity contribution < 1.29 is 14.3 Å². The maximum atomic E-state index is 13.2. The largest absolute Gasteiger partial charge is 0.497 e. The molecule has 4 rings (SSSR count). The monoisotopic (exact) mass is 386 g/mol. The van der Waals surface area contributed by atoms with Gasteiger partial charge in [-0.1, -0.05) is 60.7 Å². The van der Waals surface area contributed by atoms with Crippen molar-refractivity contribution in [3.63, 3.8) is 0 Å². The molecule has 0 saturated carbocycles. The van der Waals surface area contributed by atoms with E-state index in [1.165, 1.54) is 0 Å². The van der Waals surface area contributed by atoms with Crippen molar-refractivity contribution in [2.75, 3.05) is 7.11 Å². The van der Waals surface area contributed by atoms with Crippen LogP contribution in [0.1, 0.15) is 33.1 Å². The molecule has 29 heavy (non-hydrogen) atoms. The number of hydrogen-bond donors (Lipinski definition) is 1. The second-order valence-corrected chi connectivity index (χ2v) is 6.97. The van der Waals surface area contributed by atoms with Crippen LogP contribution in [0.15, 0.2) is 78.9 Å². The van der Waals surface area contributed by atoms with Crippen molar-refractivity contribution >= 4 is 11.8 Å². The lowest BCUT2D eigenvalue weighted by atomic mass is 10.0. The molecular formula is C24H22N2O3. The van der Waals surface area contributed by atoms with E-state index in [0.717, 1.165) is 22.4 Å². The lowest BCUT2D eigenvalue weighted by molar-refractivity contribution is -0.126. The molecule has 5 heteroatoms. The fourth-order valence-electron chi connectivity index (χ4n) is 3.62. The molecule has 0 fully saturated rings. The molecular weight excluding hydrogens is 364 g/mol. The molecule has 146 valence electrons. The van der Waals surface area contributed by atoms with Gasteiger partial charge in [0.15, 0.2) is 0 Å². The lowest BCUT2D eigenvalue weighted by Crippen LogP contribution is -2.40. The van der Waals surface area contributed by atoms with Gasteiger partial charge in [0, 0.05) is 18.7 Å². The Morgan fingerprint density at radius 1 is 1.00 bits per heavy atom. The van der Waals surface area contributed by atoms with Crippen molar-refractivity contribution in [3.05, 3.63) is 101 Å². The van der Waals surface area contributed by atoms with E-state index in [1.54, 1.807) is 12.0 Å². The van der Waals surface area contributed by atoms with Gasteiger partial charge in [0.05, 0.1) is 7.11 Å². The van der Waals surface area contributed by atoms with Crippen molar-refractivity contribution in [3.8, 4) is 5.75 Å². The van der Waals surface area contributed by atoms with Crippen LogP contribution < -0.4 is 10.1 Å². The maximum Gasteiger partial charge on any atom is 0.255 e. The Balaban J connectivity index is 1.56. The number of carbonyl (C=O) groups excluding carboxylic acids is 2. The van der Waals surface area contributed by atoms with E-state index in [4.69, 9.17) is 4.74 Å². The fourth-order valence-corrected chi connectivity index (χ4v) is 3.62. The van der Waals surface area contributed by atoms with Crippen LogP contribution in [0.25, 0.3) is 0 Å². The predicted molar refractivity (Wildman–Crippen MR) is 110 cm³/mol. The number of ether oxygens (including phenoxy) is 1. The van der Waals surface area contributed by atoms with E-state index < -0.39 is 6.04 Å². The van der Waals surface area contributed by atoms with E-state index in [1.807, 2.05) is 78.9 Å². The van der Waals surface area contributed by atoms with Gasteiger partial charge < -0.3 is 15.0 Å². The first-order chi connectivity index (χ1) is 14.2. The van der Waals surface area contributed by atoms with Gasteiger partial charge in [0.2, 0.25) is 5.91 Å². The van der Waals surface area contributed by atoms with Gasteiger partial charge in [0.1, 0.15) is 11.8 Å². The third-order valence-corrected chi connectivity index (χ3v) is 5.15. The first-order valence-electron chi connectivity index (χ1n) is 9.52. The maximum absolute atomic E-state index is 13.2. The Hall–Kier alpha value is -3.60. The summed E-state index contributed by atoms with van der Waals surface area (Å²) in [5.74, 6) is 0.449. The number of nitrogens with zero attached hydrogens (tertiary/aromatic N) is 1. The van der Waals surface area contributed by atoms with Crippen molar-refractivity contribution in [1.82, 2.24) is 10.2 Å². The Bertz CT molecular complexity index is 1020. The van der Waals surface area contributed by atoms with Crippen LogP contribution in [0.4, 0.5) is 0 Å². The minimum absolute atomic E-state index is 0.117. The van der Waals surface area contributed by atoms with E-state index in [2.05, 4.69) is 5.32 Å². The summed E-state index contributed by atoms with van der Waals surface area (Å²) < 4.78 is 5.17. The van der Waals surface area contributed by atoms with Gasteiger partial charge in [-0.05, 0) is 34.9 Å². The average molecular weight is 386 g/mol. The second-order valence-electron chi connectivity index (χ2n) is 6.97. The number of hydrogen-bond acceptors (Lipinski definition) is 3. The number of benzene rings is 3. The Morgan fingerprint density at radius 3 is 2.38 bits per heavy atom. The van der Waals surface area contributed by atoms with Crippen LogP contribution in [0.5, 0.6) is 5.75 Å². The molecule has 0 aliphatic carbocycles. The third-order valence-electron chi connectivity index (χ3n) is 5.15. The summed E-state index contributed by atoms with van der Waals surface area (Å²) in [6.07, 6.45) is 0. The zero-order valence-electron chi connectivity index (χ0n) is 16.2. The second kappa shape index (κ2) is 8.19. The lowest BCUT2D eigenvalue weighted by Gasteiger charge is -2.27. The van der Waals surface area contributed by atoms with Crippen LogP contribution in [-0.4, -0.2) is 23.8 Å². The van der Waals surface area contributed by atoms with Gasteiger partial charge >= 0.3 is 0 Å². The highest BCUT2D eigenvalue weighted by Crippen LogP contribution is 2.31. The Labute approximate surface area is 169 Å². The Morgan fingerprint density at radius 2 is 1.69 bits per heavy atom. The summed E-state index contributed by atoms with van der Waals surface area (Å²) in [6, 6.07) is 23.8. The zero-order chi connectivity index (χ0) is 20.2. The minimum Gasteiger partial charge on any atom is -0.497 e. The van der Waals surface area contributed by atoms with Crippen LogP contribution in [0.3, 0.4) is 0 Å². The molecule has 1 atom stereocenters. The first-order valence-corrected chi connectivity index (χ1v) is 9.52. The van der Waals surface area contributed by atoms with E-state index in [9.17, 15) is 9.59 Å². The van der Waals surface area contributed by atoms with E-state index >= 15 is 0 Å². The average Bonchev–Trinajstić information content (AvgIpc) is 3.10. The molecule has 0 bridgehead atoms. The molecule has 2 amide bonds. The number of amides is 2. The zero-order valence-corrected chi connectivity index (χ0v) is 16.2. The highest BCUT2D eigenvalue weighted by molar-refractivity contribution is 6.01. The SMILES string of the molecule is COc1ccc(CNC(=O)[C@@H](c2ccccc2)N2Cc3ccccc3C2=O)cc1. The first kappa shape index (κ1) is 18.7. The molecule has 0 unspecified atom stereocenters. The van der Waals surface area contributed by atoms with Crippen LogP contribution in [-0.2, 0) is 17.9 Å². The minimum atomic E-state index is -0.686. The molecule has 3 aromatic carbocycles. The van der Waals surface area contributed by atoms with Crippen molar-refractivity contribution in [2.24, 2.45) is 0 Å². The molecule has 1 aliphatic heterocycles. The van der Waals surface area contributed by atoms with Gasteiger partial charge in [0.25, 0.3) is 5.91 Å². The van der Waals surface area contributed by atoms with Crippen LogP contribution >= 0.6 is 0 Å². The third kappa shape index (κ3) is 3.85. The quantitative estimate of drug-likeness (QED) is 0.703. The summed E-state index contributed by atoms with van der Waals surface area (Å²) in [5.41, 5.74) is 3.36. The number of fused-ring (bicyclic) bond motifs is 1. The smallest absolute Gasteiger partial charge is 0.255 e. The molecule has 1 aliphatic rings. The summed E-state index contributed by atoms with van der Waals surface area (Å²) in [4.78, 5) is 27.8. The Kier molecular flexibility index (Phi) is 5.29. The van der Waals surface area contributed by atoms with Crippen molar-refractivity contribution in [2.45, 2.75) is 19.1 Å². The van der Waals surface area contributed by atoms with Gasteiger partial charge in [-0.15, -0.1) is 0 Å². The topological polar surface area (TPSA) is 58.6 Å². The normalized spacial score (nSPS) is 13.7. The number of carbonyl (C=O) groups is 2. The highest BCUT2D eigenvalue weighted by Gasteiger charge is 2.37. The van der Waals surface area contributed by atoms with Crippen molar-refractivity contribution in [1.29, 1.82) is 0 Å². The number of methoxy groups -OCH3 is 1. The summed E-state index contributed by atoms with van der Waals surface area (Å²) in [5, 5.41) is 2.99. The van der Waals surface area contributed by atoms with Crippen LogP contribution in [0, 0.1) is 0 Å². The number of nitrogens with one attached hydrogen (secondary N) is 1. The summed E-state index contributed by atoms with van der Waals surface area (Å²) in [6.45, 7) is 0.797. The van der Waals surface area contributed by atoms with E-state index in [-0.39, 0.29) is 11.8 Å². The summed E-state index contributed by atoms with van der Waals surface area (Å²) >= 11 is 0. The fraction of sp³-hybridized carbons (Fsp3) is 0.167. The van der Waals surface area contributed by atoms with Gasteiger partial charge in [-0.25, -0.2) is 0 Å². The molecule has 5 nitrogen and oxygen atoms in total. The van der Waals surface area contributed by atoms with Gasteiger partial charge in [-0.3, -0.25) is 9.59 Å². The molecule has 0 spiro atoms. The standard InChI is InChI=1S/C24H22N2O3/c1-29-20-13-11-17(12-14-20)15-25-23(27)22(18-7-3-2-4-8-18)26-16-19-9-5-6-10-21(19)24(26)28/h2-14,22H,15-16H2,1H3,(H,25,27)/t22-/m1/s1.